The molecule has 1 aliphatic heterocycles. The van der Waals surface area contributed by atoms with Crippen molar-refractivity contribution < 1.29 is 14.3 Å². The third-order valence-corrected chi connectivity index (χ3v) is 4.49. The number of likely N-dealkylation sites (tertiary alicyclic amines) is 1. The maximum Gasteiger partial charge on any atom is 0.409 e. The third kappa shape index (κ3) is 7.17. The van der Waals surface area contributed by atoms with Crippen LogP contribution in [0, 0.1) is 0 Å². The number of piperidine rings is 1. The minimum atomic E-state index is -0.237. The number of carbonyl (C=O) groups is 2. The lowest BCUT2D eigenvalue weighted by Gasteiger charge is -2.32. The zero-order chi connectivity index (χ0) is 19.6. The highest BCUT2D eigenvalue weighted by atomic mass is 127. The average molecular weight is 503 g/mol. The van der Waals surface area contributed by atoms with Gasteiger partial charge in [-0.2, -0.15) is 0 Å². The Balaban J connectivity index is 0.00000392. The first-order valence-corrected chi connectivity index (χ1v) is 9.27. The molecule has 1 fully saturated rings. The molecule has 0 aliphatic carbocycles. The highest BCUT2D eigenvalue weighted by Gasteiger charge is 2.23. The van der Waals surface area contributed by atoms with E-state index in [9.17, 15) is 9.59 Å². The molecule has 28 heavy (non-hydrogen) atoms. The molecule has 0 atom stereocenters. The van der Waals surface area contributed by atoms with E-state index >= 15 is 0 Å². The number of rotatable bonds is 5. The van der Waals surface area contributed by atoms with Gasteiger partial charge >= 0.3 is 6.09 Å². The summed E-state index contributed by atoms with van der Waals surface area (Å²) in [6, 6.07) is 7.71. The quantitative estimate of drug-likeness (QED) is 0.325. The summed E-state index contributed by atoms with van der Waals surface area (Å²) in [5, 5.41) is 9.29. The number of ether oxygens (including phenoxy) is 1. The van der Waals surface area contributed by atoms with Gasteiger partial charge in [-0.15, -0.1) is 24.0 Å². The van der Waals surface area contributed by atoms with Gasteiger partial charge in [0.05, 0.1) is 6.61 Å². The molecule has 0 bridgehead atoms. The van der Waals surface area contributed by atoms with E-state index in [4.69, 9.17) is 4.74 Å². The van der Waals surface area contributed by atoms with Gasteiger partial charge in [0, 0.05) is 45.3 Å². The molecule has 0 saturated carbocycles. The van der Waals surface area contributed by atoms with Crippen LogP contribution in [0.2, 0.25) is 0 Å². The van der Waals surface area contributed by atoms with Crippen LogP contribution in [0.25, 0.3) is 0 Å². The van der Waals surface area contributed by atoms with E-state index in [2.05, 4.69) is 20.9 Å². The largest absolute Gasteiger partial charge is 0.450 e. The molecule has 9 heteroatoms. The van der Waals surface area contributed by atoms with E-state index in [-0.39, 0.29) is 42.0 Å². The topological polar surface area (TPSA) is 95.1 Å². The Morgan fingerprint density at radius 1 is 1.21 bits per heavy atom. The Hall–Kier alpha value is -2.04. The molecule has 1 aromatic carbocycles. The van der Waals surface area contributed by atoms with E-state index in [1.54, 1.807) is 31.1 Å². The SMILES string of the molecule is CCOC(=O)N1CCC(NC(=NC)NCc2ccc(C(=O)NC)cc2)CC1.I. The molecule has 0 aromatic heterocycles. The maximum atomic E-state index is 11.8. The fraction of sp³-hybridized carbons (Fsp3) is 0.526. The van der Waals surface area contributed by atoms with Crippen LogP contribution in [0.4, 0.5) is 4.79 Å². The van der Waals surface area contributed by atoms with Crippen molar-refractivity contribution in [1.82, 2.24) is 20.9 Å². The van der Waals surface area contributed by atoms with Crippen molar-refractivity contribution in [3.8, 4) is 0 Å². The van der Waals surface area contributed by atoms with Gasteiger partial charge in [-0.1, -0.05) is 12.1 Å². The fourth-order valence-electron chi connectivity index (χ4n) is 2.91. The van der Waals surface area contributed by atoms with Crippen LogP contribution in [0.3, 0.4) is 0 Å². The van der Waals surface area contributed by atoms with Gasteiger partial charge in [0.15, 0.2) is 5.96 Å². The van der Waals surface area contributed by atoms with Crippen molar-refractivity contribution in [1.29, 1.82) is 0 Å². The molecular weight excluding hydrogens is 473 g/mol. The molecule has 0 unspecified atom stereocenters. The predicted octanol–water partition coefficient (Wildman–Crippen LogP) is 1.95. The van der Waals surface area contributed by atoms with Gasteiger partial charge in [0.25, 0.3) is 5.91 Å². The standard InChI is InChI=1S/C19H29N5O3.HI/c1-4-27-19(26)24-11-9-16(10-12-24)23-18(21-3)22-13-14-5-7-15(8-6-14)17(25)20-2;/h5-8,16H,4,9-13H2,1-3H3,(H,20,25)(H2,21,22,23);1H. The molecule has 2 amide bonds. The van der Waals surface area contributed by atoms with Crippen molar-refractivity contribution >= 4 is 41.9 Å². The van der Waals surface area contributed by atoms with Crippen LogP contribution in [-0.4, -0.2) is 62.7 Å². The summed E-state index contributed by atoms with van der Waals surface area (Å²) >= 11 is 0. The zero-order valence-corrected chi connectivity index (χ0v) is 19.0. The minimum Gasteiger partial charge on any atom is -0.450 e. The molecule has 3 N–H and O–H groups in total. The second kappa shape index (κ2) is 12.4. The summed E-state index contributed by atoms with van der Waals surface area (Å²) in [4.78, 5) is 29.3. The van der Waals surface area contributed by atoms with Crippen LogP contribution in [0.5, 0.6) is 0 Å². The Bertz CT molecular complexity index is 658. The summed E-state index contributed by atoms with van der Waals surface area (Å²) in [6.45, 7) is 4.17. The average Bonchev–Trinajstić information content (AvgIpc) is 2.71. The molecule has 2 rings (SSSR count). The van der Waals surface area contributed by atoms with Gasteiger partial charge in [-0.25, -0.2) is 4.79 Å². The monoisotopic (exact) mass is 503 g/mol. The van der Waals surface area contributed by atoms with Crippen molar-refractivity contribution in [2.75, 3.05) is 33.8 Å². The first kappa shape index (κ1) is 24.0. The van der Waals surface area contributed by atoms with Crippen LogP contribution in [-0.2, 0) is 11.3 Å². The van der Waals surface area contributed by atoms with Gasteiger partial charge in [-0.05, 0) is 37.5 Å². The molecule has 156 valence electrons. The number of aliphatic imine (C=N–C) groups is 1. The van der Waals surface area contributed by atoms with Crippen molar-refractivity contribution in [2.24, 2.45) is 4.99 Å². The van der Waals surface area contributed by atoms with Crippen molar-refractivity contribution in [3.63, 3.8) is 0 Å². The Kier molecular flexibility index (Phi) is 10.6. The number of benzene rings is 1. The number of guanidine groups is 1. The Morgan fingerprint density at radius 2 is 1.86 bits per heavy atom. The van der Waals surface area contributed by atoms with Gasteiger partial charge in [0.2, 0.25) is 0 Å². The summed E-state index contributed by atoms with van der Waals surface area (Å²) < 4.78 is 5.04. The molecule has 1 aromatic rings. The normalized spacial score (nSPS) is 14.7. The summed E-state index contributed by atoms with van der Waals surface area (Å²) in [5.74, 6) is 0.626. The van der Waals surface area contributed by atoms with Crippen LogP contribution < -0.4 is 16.0 Å². The number of halogens is 1. The lowest BCUT2D eigenvalue weighted by molar-refractivity contribution is 0.0955. The molecular formula is C19H30IN5O3. The predicted molar refractivity (Wildman–Crippen MR) is 120 cm³/mol. The third-order valence-electron chi connectivity index (χ3n) is 4.49. The summed E-state index contributed by atoms with van der Waals surface area (Å²) in [5.41, 5.74) is 1.69. The number of hydrogen-bond donors (Lipinski definition) is 3. The van der Waals surface area contributed by atoms with E-state index in [0.717, 1.165) is 24.4 Å². The van der Waals surface area contributed by atoms with Crippen molar-refractivity contribution in [2.45, 2.75) is 32.4 Å². The molecule has 0 radical (unpaired) electrons. The lowest BCUT2D eigenvalue weighted by Crippen LogP contribution is -2.49. The summed E-state index contributed by atoms with van der Waals surface area (Å²) in [6.07, 6.45) is 1.46. The number of nitrogens with zero attached hydrogens (tertiary/aromatic N) is 2. The number of nitrogens with one attached hydrogen (secondary N) is 3. The van der Waals surface area contributed by atoms with Gasteiger partial charge in [0.1, 0.15) is 0 Å². The number of carbonyl (C=O) groups excluding carboxylic acids is 2. The second-order valence-corrected chi connectivity index (χ2v) is 6.31. The zero-order valence-electron chi connectivity index (χ0n) is 16.7. The van der Waals surface area contributed by atoms with E-state index in [0.29, 0.717) is 31.8 Å². The highest BCUT2D eigenvalue weighted by molar-refractivity contribution is 14.0. The smallest absolute Gasteiger partial charge is 0.409 e. The van der Waals surface area contributed by atoms with Crippen LogP contribution in [0.15, 0.2) is 29.3 Å². The first-order chi connectivity index (χ1) is 13.1. The van der Waals surface area contributed by atoms with E-state index in [1.165, 1.54) is 0 Å². The van der Waals surface area contributed by atoms with Crippen LogP contribution >= 0.6 is 24.0 Å². The number of hydrogen-bond acceptors (Lipinski definition) is 4. The first-order valence-electron chi connectivity index (χ1n) is 9.27. The van der Waals surface area contributed by atoms with Crippen LogP contribution in [0.1, 0.15) is 35.7 Å². The summed E-state index contributed by atoms with van der Waals surface area (Å²) in [7, 11) is 3.35. The molecule has 8 nitrogen and oxygen atoms in total. The minimum absolute atomic E-state index is 0. The maximum absolute atomic E-state index is 11.8. The van der Waals surface area contributed by atoms with E-state index in [1.807, 2.05) is 19.1 Å². The molecule has 1 heterocycles. The molecule has 1 aliphatic rings. The van der Waals surface area contributed by atoms with Gasteiger partial charge < -0.3 is 25.6 Å². The van der Waals surface area contributed by atoms with E-state index < -0.39 is 0 Å². The Labute approximate surface area is 183 Å². The second-order valence-electron chi connectivity index (χ2n) is 6.31. The number of amides is 2. The Morgan fingerprint density at radius 3 is 2.39 bits per heavy atom. The lowest BCUT2D eigenvalue weighted by atomic mass is 10.1. The highest BCUT2D eigenvalue weighted by Crippen LogP contribution is 2.11. The van der Waals surface area contributed by atoms with Gasteiger partial charge in [-0.3, -0.25) is 9.79 Å². The van der Waals surface area contributed by atoms with Crippen molar-refractivity contribution in [3.05, 3.63) is 35.4 Å². The molecule has 1 saturated heterocycles. The molecule has 0 spiro atoms. The fourth-order valence-corrected chi connectivity index (χ4v) is 2.91.